The predicted octanol–water partition coefficient (Wildman–Crippen LogP) is 5.02. The number of aromatic amines is 2. The number of hydrogen-bond donors (Lipinski definition) is 3. The summed E-state index contributed by atoms with van der Waals surface area (Å²) in [5.41, 5.74) is 7.96. The average Bonchev–Trinajstić information content (AvgIpc) is 3.52. The molecule has 1 amide bonds. The van der Waals surface area contributed by atoms with Crippen LogP contribution in [0.25, 0.3) is 33.5 Å². The van der Waals surface area contributed by atoms with Gasteiger partial charge in [0.2, 0.25) is 5.91 Å². The van der Waals surface area contributed by atoms with Gasteiger partial charge in [0, 0.05) is 18.4 Å². The van der Waals surface area contributed by atoms with Crippen LogP contribution in [0.4, 0.5) is 0 Å². The van der Waals surface area contributed by atoms with E-state index in [1.54, 1.807) is 6.07 Å². The summed E-state index contributed by atoms with van der Waals surface area (Å²) in [5, 5.41) is 18.6. The van der Waals surface area contributed by atoms with Gasteiger partial charge in [0.25, 0.3) is 0 Å². The summed E-state index contributed by atoms with van der Waals surface area (Å²) in [4.78, 5) is 23.0. The highest BCUT2D eigenvalue weighted by atomic mass is 16.3. The number of benzene rings is 3. The minimum Gasteiger partial charge on any atom is -0.508 e. The Labute approximate surface area is 208 Å². The van der Waals surface area contributed by atoms with Gasteiger partial charge in [0.1, 0.15) is 11.4 Å². The van der Waals surface area contributed by atoms with E-state index in [4.69, 9.17) is 4.98 Å². The van der Waals surface area contributed by atoms with E-state index in [0.717, 1.165) is 68.9 Å². The van der Waals surface area contributed by atoms with Crippen molar-refractivity contribution < 1.29 is 9.90 Å². The van der Waals surface area contributed by atoms with Gasteiger partial charge in [-0.15, -0.1) is 0 Å². The van der Waals surface area contributed by atoms with E-state index in [9.17, 15) is 9.90 Å². The fourth-order valence-corrected chi connectivity index (χ4v) is 5.02. The number of phenolic OH excluding ortho intramolecular Hbond substituents is 1. The number of rotatable bonds is 5. The Balaban J connectivity index is 1.25. The zero-order valence-corrected chi connectivity index (χ0v) is 20.1. The van der Waals surface area contributed by atoms with Crippen LogP contribution < -0.4 is 0 Å². The van der Waals surface area contributed by atoms with Crippen molar-refractivity contribution in [2.24, 2.45) is 0 Å². The summed E-state index contributed by atoms with van der Waals surface area (Å²) < 4.78 is 0. The van der Waals surface area contributed by atoms with Crippen LogP contribution in [0.1, 0.15) is 29.4 Å². The first-order valence-corrected chi connectivity index (χ1v) is 12.3. The normalized spacial score (nSPS) is 13.2. The second-order valence-corrected chi connectivity index (χ2v) is 9.27. The van der Waals surface area contributed by atoms with Crippen LogP contribution in [0.5, 0.6) is 5.75 Å². The molecule has 1 aliphatic rings. The highest BCUT2D eigenvalue weighted by Gasteiger charge is 2.25. The number of nitrogens with zero attached hydrogens (tertiary/aromatic N) is 3. The van der Waals surface area contributed by atoms with Gasteiger partial charge < -0.3 is 15.0 Å². The molecule has 0 saturated carbocycles. The number of aromatic nitrogens is 4. The molecule has 0 unspecified atom stereocenters. The number of aromatic hydroxyl groups is 1. The lowest BCUT2D eigenvalue weighted by Gasteiger charge is -2.26. The second kappa shape index (κ2) is 9.00. The molecule has 0 aliphatic carbocycles. The van der Waals surface area contributed by atoms with Gasteiger partial charge in [-0.1, -0.05) is 49.4 Å². The summed E-state index contributed by atoms with van der Waals surface area (Å²) in [6.45, 7) is 3.28. The number of amides is 1. The van der Waals surface area contributed by atoms with Crippen molar-refractivity contribution in [3.05, 3.63) is 89.2 Å². The van der Waals surface area contributed by atoms with Crippen molar-refractivity contribution in [1.82, 2.24) is 25.1 Å². The molecule has 0 saturated heterocycles. The van der Waals surface area contributed by atoms with E-state index >= 15 is 0 Å². The minimum atomic E-state index is 0.126. The number of fused-ring (bicyclic) bond motifs is 2. The zero-order valence-electron chi connectivity index (χ0n) is 20.1. The number of aryl methyl sites for hydroxylation is 1. The maximum atomic E-state index is 12.9. The third-order valence-corrected chi connectivity index (χ3v) is 6.95. The number of phenols is 1. The Morgan fingerprint density at radius 2 is 1.94 bits per heavy atom. The van der Waals surface area contributed by atoms with E-state index in [0.29, 0.717) is 19.5 Å². The van der Waals surface area contributed by atoms with Gasteiger partial charge in [-0.2, -0.15) is 5.10 Å². The monoisotopic (exact) mass is 477 g/mol. The molecule has 3 N–H and O–H groups in total. The maximum absolute atomic E-state index is 12.9. The fraction of sp³-hybridized carbons (Fsp3) is 0.207. The summed E-state index contributed by atoms with van der Waals surface area (Å²) in [6, 6.07) is 21.6. The first-order valence-electron chi connectivity index (χ1n) is 12.3. The smallest absolute Gasteiger partial charge is 0.227 e. The summed E-state index contributed by atoms with van der Waals surface area (Å²) in [6.07, 6.45) is 1.96. The van der Waals surface area contributed by atoms with Gasteiger partial charge in [0.15, 0.2) is 5.82 Å². The molecule has 0 atom stereocenters. The molecule has 0 fully saturated rings. The van der Waals surface area contributed by atoms with Gasteiger partial charge >= 0.3 is 0 Å². The van der Waals surface area contributed by atoms with E-state index in [1.165, 1.54) is 0 Å². The molecule has 1 aliphatic heterocycles. The summed E-state index contributed by atoms with van der Waals surface area (Å²) in [5.74, 6) is 1.12. The molecular weight excluding hydrogens is 450 g/mol. The lowest BCUT2D eigenvalue weighted by atomic mass is 9.97. The molecule has 7 heteroatoms. The minimum absolute atomic E-state index is 0.126. The Morgan fingerprint density at radius 3 is 2.78 bits per heavy atom. The van der Waals surface area contributed by atoms with Crippen molar-refractivity contribution in [2.45, 2.75) is 32.7 Å². The quantitative estimate of drug-likeness (QED) is 0.331. The molecule has 5 aromatic rings. The number of H-pyrrole nitrogens is 2. The first-order chi connectivity index (χ1) is 17.6. The number of hydrogen-bond acceptors (Lipinski definition) is 4. The van der Waals surface area contributed by atoms with Crippen molar-refractivity contribution in [3.63, 3.8) is 0 Å². The van der Waals surface area contributed by atoms with E-state index < -0.39 is 0 Å². The first kappa shape index (κ1) is 22.1. The molecule has 3 aromatic carbocycles. The van der Waals surface area contributed by atoms with Gasteiger partial charge in [-0.05, 0) is 52.9 Å². The van der Waals surface area contributed by atoms with E-state index in [-0.39, 0.29) is 11.7 Å². The van der Waals surface area contributed by atoms with Crippen LogP contribution in [-0.4, -0.2) is 42.6 Å². The van der Waals surface area contributed by atoms with Crippen molar-refractivity contribution in [3.8, 4) is 28.4 Å². The molecule has 36 heavy (non-hydrogen) atoms. The standard InChI is InChI=1S/C29H27N5O2/c1-2-19-15-21(35)9-11-22(19)20-8-10-23-25(16-20)32-33-28(23)29-30-24-12-13-34(17-26(24)31-29)27(36)14-18-6-4-3-5-7-18/h3-11,15-16,35H,2,12-14,17H2,1H3,(H,30,31)(H,32,33). The summed E-state index contributed by atoms with van der Waals surface area (Å²) >= 11 is 0. The zero-order chi connectivity index (χ0) is 24.6. The van der Waals surface area contributed by atoms with E-state index in [1.807, 2.05) is 47.4 Å². The lowest BCUT2D eigenvalue weighted by molar-refractivity contribution is -0.131. The Morgan fingerprint density at radius 1 is 1.08 bits per heavy atom. The molecule has 2 aromatic heterocycles. The predicted molar refractivity (Wildman–Crippen MR) is 139 cm³/mol. The molecule has 0 radical (unpaired) electrons. The van der Waals surface area contributed by atoms with Crippen LogP contribution >= 0.6 is 0 Å². The molecule has 7 nitrogen and oxygen atoms in total. The largest absolute Gasteiger partial charge is 0.508 e. The van der Waals surface area contributed by atoms with Gasteiger partial charge in [0.05, 0.1) is 29.9 Å². The third kappa shape index (κ3) is 4.02. The summed E-state index contributed by atoms with van der Waals surface area (Å²) in [7, 11) is 0. The second-order valence-electron chi connectivity index (χ2n) is 9.27. The Hall–Kier alpha value is -4.39. The van der Waals surface area contributed by atoms with Gasteiger partial charge in [-0.3, -0.25) is 9.89 Å². The number of imidazole rings is 1. The van der Waals surface area contributed by atoms with Gasteiger partial charge in [-0.25, -0.2) is 4.98 Å². The molecule has 0 bridgehead atoms. The fourth-order valence-electron chi connectivity index (χ4n) is 5.02. The molecule has 6 rings (SSSR count). The van der Waals surface area contributed by atoms with Crippen LogP contribution in [0, 0.1) is 0 Å². The maximum Gasteiger partial charge on any atom is 0.227 e. The molecule has 180 valence electrons. The third-order valence-electron chi connectivity index (χ3n) is 6.95. The number of nitrogens with one attached hydrogen (secondary N) is 2. The van der Waals surface area contributed by atoms with Crippen LogP contribution in [0.15, 0.2) is 66.7 Å². The SMILES string of the molecule is CCc1cc(O)ccc1-c1ccc2c(-c3nc4c([nH]3)CN(C(=O)Cc3ccccc3)CC4)n[nH]c2c1. The number of carbonyl (C=O) groups excluding carboxylic acids is 1. The van der Waals surface area contributed by atoms with Crippen molar-refractivity contribution >= 4 is 16.8 Å². The topological polar surface area (TPSA) is 97.9 Å². The Kier molecular flexibility index (Phi) is 5.52. The highest BCUT2D eigenvalue weighted by molar-refractivity contribution is 5.94. The van der Waals surface area contributed by atoms with Crippen LogP contribution in [0.2, 0.25) is 0 Å². The van der Waals surface area contributed by atoms with Crippen LogP contribution in [0.3, 0.4) is 0 Å². The molecular formula is C29H27N5O2. The number of carbonyl (C=O) groups is 1. The van der Waals surface area contributed by atoms with Crippen molar-refractivity contribution in [1.29, 1.82) is 0 Å². The Bertz CT molecular complexity index is 1570. The van der Waals surface area contributed by atoms with Crippen LogP contribution in [-0.2, 0) is 30.6 Å². The molecule has 3 heterocycles. The van der Waals surface area contributed by atoms with Crippen molar-refractivity contribution in [2.75, 3.05) is 6.54 Å². The molecule has 0 spiro atoms. The average molecular weight is 478 g/mol. The lowest BCUT2D eigenvalue weighted by Crippen LogP contribution is -2.37. The highest BCUT2D eigenvalue weighted by Crippen LogP contribution is 2.33. The van der Waals surface area contributed by atoms with E-state index in [2.05, 4.69) is 40.3 Å².